The van der Waals surface area contributed by atoms with Crippen LogP contribution in [0, 0.1) is 6.92 Å². The molecule has 0 spiro atoms. The van der Waals surface area contributed by atoms with Gasteiger partial charge in [-0.2, -0.15) is 9.90 Å². The molecule has 0 radical (unpaired) electrons. The van der Waals surface area contributed by atoms with Gasteiger partial charge in [0.05, 0.1) is 13.2 Å². The fraction of sp³-hybridized carbons (Fsp3) is 0.455. The maximum atomic E-state index is 5.48. The topological polar surface area (TPSA) is 27.7 Å². The number of benzene rings is 1. The van der Waals surface area contributed by atoms with Gasteiger partial charge in [-0.05, 0) is 19.4 Å². The molecule has 1 rings (SSSR count). The van der Waals surface area contributed by atoms with Crippen LogP contribution in [0.5, 0.6) is 0 Å². The molecule has 5 heteroatoms. The third-order valence-corrected chi connectivity index (χ3v) is 2.95. The van der Waals surface area contributed by atoms with Crippen LogP contribution >= 0.6 is 18.5 Å². The Morgan fingerprint density at radius 3 is 2.25 bits per heavy atom. The summed E-state index contributed by atoms with van der Waals surface area (Å²) in [6.07, 6.45) is 0. The van der Waals surface area contributed by atoms with Crippen LogP contribution in [0.2, 0.25) is 0 Å². The number of rotatable bonds is 6. The second-order valence-corrected chi connectivity index (χ2v) is 4.41. The maximum Gasteiger partial charge on any atom is 0.332 e. The largest absolute Gasteiger partial charge is 0.332 e. The van der Waals surface area contributed by atoms with E-state index in [-0.39, 0.29) is 9.90 Å². The first-order valence-electron chi connectivity index (χ1n) is 4.92. The van der Waals surface area contributed by atoms with Gasteiger partial charge < -0.3 is 13.6 Å². The number of aryl methyl sites for hydroxylation is 1. The van der Waals surface area contributed by atoms with Gasteiger partial charge in [-0.3, -0.25) is 0 Å². The Kier molecular flexibility index (Phi) is 9.02. The van der Waals surface area contributed by atoms with Crippen molar-refractivity contribution in [2.45, 2.75) is 20.5 Å². The lowest BCUT2D eigenvalue weighted by molar-refractivity contribution is 0.180. The molecule has 3 nitrogen and oxygen atoms in total. The highest BCUT2D eigenvalue weighted by atomic mass is 31.2. The lowest BCUT2D eigenvalue weighted by Gasteiger charge is -2.13. The minimum absolute atomic E-state index is 0. The Labute approximate surface area is 102 Å². The van der Waals surface area contributed by atoms with E-state index in [9.17, 15) is 0 Å². The van der Waals surface area contributed by atoms with Gasteiger partial charge in [-0.1, -0.05) is 29.8 Å². The van der Waals surface area contributed by atoms with Crippen molar-refractivity contribution in [2.75, 3.05) is 13.7 Å². The molecule has 0 heterocycles. The summed E-state index contributed by atoms with van der Waals surface area (Å²) in [7, 11) is 0.404. The summed E-state index contributed by atoms with van der Waals surface area (Å²) in [5, 5.41) is 0. The van der Waals surface area contributed by atoms with Gasteiger partial charge >= 0.3 is 8.60 Å². The van der Waals surface area contributed by atoms with E-state index in [1.165, 1.54) is 5.56 Å². The molecule has 92 valence electrons. The molecule has 16 heavy (non-hydrogen) atoms. The average Bonchev–Trinajstić information content (AvgIpc) is 2.26. The Balaban J connectivity index is 0.00000225. The summed E-state index contributed by atoms with van der Waals surface area (Å²) >= 11 is 0. The van der Waals surface area contributed by atoms with E-state index in [2.05, 4.69) is 19.1 Å². The predicted octanol–water partition coefficient (Wildman–Crippen LogP) is 3.48. The first-order chi connectivity index (χ1) is 7.26. The number of hydrogen-bond acceptors (Lipinski definition) is 3. The second-order valence-electron chi connectivity index (χ2n) is 3.08. The normalized spacial score (nSPS) is 11.9. The lowest BCUT2D eigenvalue weighted by Crippen LogP contribution is -1.93. The van der Waals surface area contributed by atoms with E-state index in [0.29, 0.717) is 13.2 Å². The molecule has 0 saturated heterocycles. The van der Waals surface area contributed by atoms with Crippen molar-refractivity contribution in [3.63, 3.8) is 0 Å². The molecule has 0 aliphatic heterocycles. The van der Waals surface area contributed by atoms with E-state index in [1.807, 2.05) is 19.1 Å². The van der Waals surface area contributed by atoms with Gasteiger partial charge in [0.1, 0.15) is 0 Å². The van der Waals surface area contributed by atoms with Crippen molar-refractivity contribution in [1.82, 2.24) is 0 Å². The quantitative estimate of drug-likeness (QED) is 0.734. The van der Waals surface area contributed by atoms with Crippen LogP contribution in [0.25, 0.3) is 0 Å². The third kappa shape index (κ3) is 5.89. The van der Waals surface area contributed by atoms with Crippen LogP contribution in [-0.2, 0) is 20.2 Å². The maximum absolute atomic E-state index is 5.48. The highest BCUT2D eigenvalue weighted by Crippen LogP contribution is 2.39. The lowest BCUT2D eigenvalue weighted by atomic mass is 10.2. The van der Waals surface area contributed by atoms with Crippen molar-refractivity contribution in [3.8, 4) is 0 Å². The van der Waals surface area contributed by atoms with E-state index in [4.69, 9.17) is 13.6 Å². The van der Waals surface area contributed by atoms with Crippen molar-refractivity contribution in [2.24, 2.45) is 0 Å². The van der Waals surface area contributed by atoms with Crippen LogP contribution in [0.3, 0.4) is 0 Å². The van der Waals surface area contributed by atoms with Crippen molar-refractivity contribution in [1.29, 1.82) is 0 Å². The van der Waals surface area contributed by atoms with Crippen LogP contribution in [0.15, 0.2) is 24.3 Å². The minimum atomic E-state index is -1.19. The Morgan fingerprint density at radius 1 is 1.12 bits per heavy atom. The van der Waals surface area contributed by atoms with Crippen molar-refractivity contribution in [3.05, 3.63) is 35.4 Å². The molecule has 0 aromatic heterocycles. The molecule has 1 aromatic carbocycles. The summed E-state index contributed by atoms with van der Waals surface area (Å²) in [4.78, 5) is 0. The monoisotopic (exact) mass is 262 g/mol. The first kappa shape index (κ1) is 16.0. The summed E-state index contributed by atoms with van der Waals surface area (Å²) in [5.74, 6) is 0. The highest BCUT2D eigenvalue weighted by molar-refractivity contribution is 7.41. The molecular formula is C11H20O3P2. The first-order valence-corrected chi connectivity index (χ1v) is 6.01. The van der Waals surface area contributed by atoms with E-state index in [1.54, 1.807) is 7.11 Å². The summed E-state index contributed by atoms with van der Waals surface area (Å²) < 4.78 is 15.8. The van der Waals surface area contributed by atoms with Crippen LogP contribution < -0.4 is 0 Å². The Hall–Kier alpha value is -0.0400. The Morgan fingerprint density at radius 2 is 1.75 bits per heavy atom. The fourth-order valence-electron chi connectivity index (χ4n) is 1.06. The van der Waals surface area contributed by atoms with Crippen molar-refractivity contribution >= 4 is 18.5 Å². The zero-order valence-corrected chi connectivity index (χ0v) is 12.4. The zero-order chi connectivity index (χ0) is 11.1. The molecule has 0 bridgehead atoms. The molecular weight excluding hydrogens is 242 g/mol. The molecule has 0 fully saturated rings. The molecule has 0 N–H and O–H groups in total. The van der Waals surface area contributed by atoms with Crippen LogP contribution in [-0.4, -0.2) is 13.7 Å². The minimum Gasteiger partial charge on any atom is -0.316 e. The molecule has 2 atom stereocenters. The van der Waals surface area contributed by atoms with E-state index in [0.717, 1.165) is 5.56 Å². The predicted molar refractivity (Wildman–Crippen MR) is 72.6 cm³/mol. The van der Waals surface area contributed by atoms with Gasteiger partial charge in [0.25, 0.3) is 0 Å². The summed E-state index contributed by atoms with van der Waals surface area (Å²) in [6, 6.07) is 8.22. The smallest absolute Gasteiger partial charge is 0.316 e. The average molecular weight is 262 g/mol. The molecule has 2 unspecified atom stereocenters. The molecule has 0 aliphatic carbocycles. The van der Waals surface area contributed by atoms with Gasteiger partial charge in [0.2, 0.25) is 0 Å². The molecule has 1 aromatic rings. The van der Waals surface area contributed by atoms with Gasteiger partial charge in [0.15, 0.2) is 0 Å². The fourth-order valence-corrected chi connectivity index (χ4v) is 1.81. The second kappa shape index (κ2) is 9.04. The molecule has 0 saturated carbocycles. The van der Waals surface area contributed by atoms with Crippen LogP contribution in [0.1, 0.15) is 18.1 Å². The van der Waals surface area contributed by atoms with Gasteiger partial charge in [0, 0.05) is 7.11 Å². The standard InChI is InChI=1S/C11H17O3P.H3P/c1-4-13-15(12-3)14-9-11-7-5-10(2)6-8-11;/h5-8H,4,9H2,1-3H3;1H3. The number of hydrogen-bond donors (Lipinski definition) is 0. The highest BCUT2D eigenvalue weighted by Gasteiger charge is 2.08. The third-order valence-electron chi connectivity index (χ3n) is 1.84. The molecule has 0 aliphatic rings. The van der Waals surface area contributed by atoms with Crippen LogP contribution in [0.4, 0.5) is 0 Å². The summed E-state index contributed by atoms with van der Waals surface area (Å²) in [5.41, 5.74) is 2.38. The van der Waals surface area contributed by atoms with E-state index >= 15 is 0 Å². The van der Waals surface area contributed by atoms with Gasteiger partial charge in [-0.25, -0.2) is 0 Å². The summed E-state index contributed by atoms with van der Waals surface area (Å²) in [6.45, 7) is 5.11. The SMILES string of the molecule is CCOP(OC)OCc1ccc(C)cc1.P. The van der Waals surface area contributed by atoms with Gasteiger partial charge in [-0.15, -0.1) is 0 Å². The Bertz CT molecular complexity index is 277. The molecule has 0 amide bonds. The zero-order valence-electron chi connectivity index (χ0n) is 10.1. The van der Waals surface area contributed by atoms with E-state index < -0.39 is 8.60 Å². The van der Waals surface area contributed by atoms with Crippen molar-refractivity contribution < 1.29 is 13.6 Å².